The number of hydrogen-bond donors (Lipinski definition) is 2. The summed E-state index contributed by atoms with van der Waals surface area (Å²) in [6.45, 7) is 0.955. The van der Waals surface area contributed by atoms with Crippen molar-refractivity contribution in [2.24, 2.45) is 11.1 Å². The Kier molecular flexibility index (Phi) is 5.49. The van der Waals surface area contributed by atoms with Crippen LogP contribution in [-0.4, -0.2) is 40.0 Å². The van der Waals surface area contributed by atoms with E-state index in [1.807, 2.05) is 4.90 Å². The summed E-state index contributed by atoms with van der Waals surface area (Å²) in [4.78, 5) is 13.7. The summed E-state index contributed by atoms with van der Waals surface area (Å²) in [6, 6.07) is 1.54. The molecule has 1 aliphatic carbocycles. The molecule has 0 radical (unpaired) electrons. The molecule has 0 amide bonds. The van der Waals surface area contributed by atoms with Crippen molar-refractivity contribution < 1.29 is 22.0 Å². The van der Waals surface area contributed by atoms with E-state index in [1.165, 1.54) is 18.3 Å². The summed E-state index contributed by atoms with van der Waals surface area (Å²) in [5.74, 6) is -2.39. The number of rotatable bonds is 3. The maximum absolute atomic E-state index is 13.9. The zero-order valence-corrected chi connectivity index (χ0v) is 17.2. The van der Waals surface area contributed by atoms with E-state index in [0.717, 1.165) is 18.0 Å². The minimum atomic E-state index is -4.60. The number of nitrogens with zero attached hydrogens (tertiary/aromatic N) is 4. The van der Waals surface area contributed by atoms with Gasteiger partial charge in [0, 0.05) is 30.6 Å². The lowest BCUT2D eigenvalue weighted by atomic mass is 9.74. The molecule has 4 N–H and O–H groups in total. The van der Waals surface area contributed by atoms with Gasteiger partial charge >= 0.3 is 6.18 Å². The topological polar surface area (TPSA) is 94.0 Å². The summed E-state index contributed by atoms with van der Waals surface area (Å²) in [5, 5.41) is 0.133. The predicted molar refractivity (Wildman–Crippen MR) is 106 cm³/mol. The number of nitrogens with two attached hydrogens (primary N) is 2. The first-order valence-corrected chi connectivity index (χ1v) is 10.5. The monoisotopic (exact) mass is 460 g/mol. The Hall–Kier alpha value is -2.21. The number of anilines is 2. The number of hydrogen-bond acceptors (Lipinski definition) is 7. The Morgan fingerprint density at radius 3 is 2.39 bits per heavy atom. The van der Waals surface area contributed by atoms with E-state index in [9.17, 15) is 22.0 Å². The van der Waals surface area contributed by atoms with Crippen LogP contribution in [0.3, 0.4) is 0 Å². The fraction of sp³-hybridized carbons (Fsp3) is 0.526. The Morgan fingerprint density at radius 1 is 1.10 bits per heavy atom. The summed E-state index contributed by atoms with van der Waals surface area (Å²) >= 11 is 0.739. The van der Waals surface area contributed by atoms with Gasteiger partial charge in [-0.15, -0.1) is 0 Å². The molecule has 4 rings (SSSR count). The van der Waals surface area contributed by atoms with E-state index < -0.39 is 29.2 Å². The molecule has 31 heavy (non-hydrogen) atoms. The van der Waals surface area contributed by atoms with Crippen LogP contribution in [0.5, 0.6) is 0 Å². The molecule has 1 saturated heterocycles. The van der Waals surface area contributed by atoms with Crippen molar-refractivity contribution >= 4 is 23.4 Å². The minimum absolute atomic E-state index is 0.0103. The van der Waals surface area contributed by atoms with Gasteiger partial charge in [0.1, 0.15) is 10.8 Å². The van der Waals surface area contributed by atoms with Crippen LogP contribution in [0.1, 0.15) is 31.4 Å². The van der Waals surface area contributed by atoms with E-state index in [0.29, 0.717) is 38.2 Å². The van der Waals surface area contributed by atoms with Crippen molar-refractivity contribution in [3.8, 4) is 0 Å². The van der Waals surface area contributed by atoms with Gasteiger partial charge < -0.3 is 16.4 Å². The minimum Gasteiger partial charge on any atom is -0.381 e. The molecule has 2 aliphatic rings. The molecule has 2 fully saturated rings. The molecule has 0 bridgehead atoms. The molecule has 1 spiro atoms. The van der Waals surface area contributed by atoms with Gasteiger partial charge in [0.15, 0.2) is 11.5 Å². The average Bonchev–Trinajstić information content (AvgIpc) is 2.94. The number of piperidine rings is 1. The van der Waals surface area contributed by atoms with Gasteiger partial charge in [-0.2, -0.15) is 13.2 Å². The highest BCUT2D eigenvalue weighted by molar-refractivity contribution is 7.99. The number of halogens is 5. The maximum atomic E-state index is 13.9. The Bertz CT molecular complexity index is 961. The molecule has 0 unspecified atom stereocenters. The van der Waals surface area contributed by atoms with Crippen LogP contribution < -0.4 is 16.4 Å². The van der Waals surface area contributed by atoms with E-state index in [1.54, 1.807) is 0 Å². The highest BCUT2D eigenvalue weighted by Gasteiger charge is 2.57. The average molecular weight is 460 g/mol. The van der Waals surface area contributed by atoms with Crippen LogP contribution in [-0.2, 0) is 6.18 Å². The van der Waals surface area contributed by atoms with E-state index in [4.69, 9.17) is 11.5 Å². The van der Waals surface area contributed by atoms with Crippen LogP contribution in [0.25, 0.3) is 0 Å². The van der Waals surface area contributed by atoms with Crippen LogP contribution in [0.15, 0.2) is 34.4 Å². The molecular weight excluding hydrogens is 439 g/mol. The molecule has 0 aromatic carbocycles. The first-order chi connectivity index (χ1) is 14.5. The molecule has 2 aromatic heterocycles. The van der Waals surface area contributed by atoms with E-state index in [2.05, 4.69) is 15.0 Å². The van der Waals surface area contributed by atoms with Crippen molar-refractivity contribution in [1.82, 2.24) is 15.0 Å². The fourth-order valence-corrected chi connectivity index (χ4v) is 5.20. The summed E-state index contributed by atoms with van der Waals surface area (Å²) in [7, 11) is 0. The van der Waals surface area contributed by atoms with Gasteiger partial charge in [-0.25, -0.2) is 18.7 Å². The smallest absolute Gasteiger partial charge is 0.381 e. The first-order valence-electron chi connectivity index (χ1n) is 9.73. The molecule has 1 atom stereocenters. The molecule has 1 saturated carbocycles. The number of pyridine rings is 1. The van der Waals surface area contributed by atoms with Crippen LogP contribution in [0.2, 0.25) is 0 Å². The van der Waals surface area contributed by atoms with Crippen molar-refractivity contribution in [3.63, 3.8) is 0 Å². The molecule has 168 valence electrons. The lowest BCUT2D eigenvalue weighted by Crippen LogP contribution is -2.52. The van der Waals surface area contributed by atoms with Gasteiger partial charge in [-0.1, -0.05) is 11.8 Å². The van der Waals surface area contributed by atoms with Crippen molar-refractivity contribution in [1.29, 1.82) is 0 Å². The quantitative estimate of drug-likeness (QED) is 0.670. The highest BCUT2D eigenvalue weighted by atomic mass is 32.2. The SMILES string of the molecule is Nc1nc(N2CCC3(CC2)CCC(F)(F)[C@H]3N)cnc1Sc1cccnc1C(F)(F)F. The van der Waals surface area contributed by atoms with Crippen LogP contribution >= 0.6 is 11.8 Å². The Balaban J connectivity index is 1.47. The molecule has 1 aliphatic heterocycles. The lowest BCUT2D eigenvalue weighted by Gasteiger charge is -2.42. The van der Waals surface area contributed by atoms with Crippen molar-refractivity contribution in [2.75, 3.05) is 23.7 Å². The van der Waals surface area contributed by atoms with Gasteiger partial charge in [0.25, 0.3) is 5.92 Å². The predicted octanol–water partition coefficient (Wildman–Crippen LogP) is 3.97. The standard InChI is InChI=1S/C19H21F5N6S/c20-18(21)4-3-17(16(18)26)5-8-30(9-6-17)12-10-28-15(14(25)29-12)31-11-2-1-7-27-13(11)19(22,23)24/h1-2,7,10,16H,3-6,8-9,26H2,(H2,25,29)/t16-/m0/s1. The van der Waals surface area contributed by atoms with Gasteiger partial charge in [0.05, 0.1) is 12.2 Å². The van der Waals surface area contributed by atoms with E-state index >= 15 is 0 Å². The third kappa shape index (κ3) is 4.14. The lowest BCUT2D eigenvalue weighted by molar-refractivity contribution is -0.143. The molecule has 2 aromatic rings. The van der Waals surface area contributed by atoms with Crippen LogP contribution in [0.4, 0.5) is 33.6 Å². The van der Waals surface area contributed by atoms with Crippen molar-refractivity contribution in [2.45, 2.75) is 53.7 Å². The molecule has 3 heterocycles. The van der Waals surface area contributed by atoms with Crippen molar-refractivity contribution in [3.05, 3.63) is 30.2 Å². The largest absolute Gasteiger partial charge is 0.434 e. The zero-order chi connectivity index (χ0) is 22.4. The Morgan fingerprint density at radius 2 is 1.81 bits per heavy atom. The first kappa shape index (κ1) is 22.0. The number of alkyl halides is 5. The normalized spacial score (nSPS) is 22.8. The fourth-order valence-electron chi connectivity index (χ4n) is 4.32. The zero-order valence-electron chi connectivity index (χ0n) is 16.4. The summed E-state index contributed by atoms with van der Waals surface area (Å²) in [5.41, 5.74) is 10.2. The van der Waals surface area contributed by atoms with Gasteiger partial charge in [-0.05, 0) is 36.8 Å². The second kappa shape index (κ2) is 7.73. The third-order valence-corrected chi connectivity index (χ3v) is 7.21. The van der Waals surface area contributed by atoms with Gasteiger partial charge in [0.2, 0.25) is 0 Å². The molecule has 12 heteroatoms. The Labute approximate surface area is 179 Å². The number of aromatic nitrogens is 3. The second-order valence-corrected chi connectivity index (χ2v) is 8.99. The maximum Gasteiger partial charge on any atom is 0.434 e. The summed E-state index contributed by atoms with van der Waals surface area (Å²) in [6.07, 6.45) is -0.887. The number of nitrogen functional groups attached to an aromatic ring is 1. The van der Waals surface area contributed by atoms with Crippen LogP contribution in [0, 0.1) is 5.41 Å². The third-order valence-electron chi connectivity index (χ3n) is 6.15. The summed E-state index contributed by atoms with van der Waals surface area (Å²) < 4.78 is 67.3. The molecular formula is C19H21F5N6S. The highest BCUT2D eigenvalue weighted by Crippen LogP contribution is 2.52. The second-order valence-electron chi connectivity index (χ2n) is 7.96. The van der Waals surface area contributed by atoms with E-state index in [-0.39, 0.29) is 22.2 Å². The molecule has 6 nitrogen and oxygen atoms in total. The van der Waals surface area contributed by atoms with Gasteiger partial charge in [-0.3, -0.25) is 4.98 Å².